The van der Waals surface area contributed by atoms with Crippen LogP contribution < -0.4 is 9.64 Å². The van der Waals surface area contributed by atoms with Crippen LogP contribution in [0, 0.1) is 17.8 Å². The summed E-state index contributed by atoms with van der Waals surface area (Å²) in [7, 11) is 0. The number of hydrogen-bond donors (Lipinski definition) is 1. The Morgan fingerprint density at radius 3 is 2.42 bits per heavy atom. The number of hydrogen-bond acceptors (Lipinski definition) is 6. The van der Waals surface area contributed by atoms with Crippen molar-refractivity contribution >= 4 is 23.4 Å². The minimum Gasteiger partial charge on any atom is -0.494 e. The molecule has 3 amide bonds. The molecule has 0 aliphatic carbocycles. The first-order valence-electron chi connectivity index (χ1n) is 15.7. The Labute approximate surface area is 256 Å². The van der Waals surface area contributed by atoms with E-state index in [1.807, 2.05) is 45.0 Å². The van der Waals surface area contributed by atoms with Crippen molar-refractivity contribution in [3.8, 4) is 5.75 Å². The van der Waals surface area contributed by atoms with Gasteiger partial charge in [-0.1, -0.05) is 38.8 Å². The molecule has 2 bridgehead atoms. The van der Waals surface area contributed by atoms with Gasteiger partial charge in [0.1, 0.15) is 17.4 Å². The maximum Gasteiger partial charge on any atom is 0.248 e. The quantitative estimate of drug-likeness (QED) is 0.241. The van der Waals surface area contributed by atoms with Crippen LogP contribution in [0.25, 0.3) is 0 Å². The number of rotatable bonds is 15. The van der Waals surface area contributed by atoms with Crippen molar-refractivity contribution in [2.24, 2.45) is 17.8 Å². The van der Waals surface area contributed by atoms with Crippen LogP contribution in [0.4, 0.5) is 5.69 Å². The minimum absolute atomic E-state index is 0.0935. The number of anilines is 1. The minimum atomic E-state index is -1.19. The molecule has 0 aromatic heterocycles. The summed E-state index contributed by atoms with van der Waals surface area (Å²) in [6.45, 7) is 18.8. The fraction of sp³-hybridized carbons (Fsp3) is 0.618. The third kappa shape index (κ3) is 5.50. The summed E-state index contributed by atoms with van der Waals surface area (Å²) in [6.07, 6.45) is 6.64. The van der Waals surface area contributed by atoms with Gasteiger partial charge in [-0.2, -0.15) is 0 Å². The number of benzene rings is 1. The molecule has 43 heavy (non-hydrogen) atoms. The summed E-state index contributed by atoms with van der Waals surface area (Å²) in [5.74, 6) is -1.85. The van der Waals surface area contributed by atoms with Crippen LogP contribution in [-0.2, 0) is 19.1 Å². The van der Waals surface area contributed by atoms with Gasteiger partial charge in [-0.3, -0.25) is 14.4 Å². The number of amides is 3. The maximum absolute atomic E-state index is 14.6. The molecule has 0 saturated carbocycles. The predicted octanol–water partition coefficient (Wildman–Crippen LogP) is 4.20. The molecule has 1 N–H and O–H groups in total. The van der Waals surface area contributed by atoms with Gasteiger partial charge in [0.15, 0.2) is 0 Å². The predicted molar refractivity (Wildman–Crippen MR) is 167 cm³/mol. The van der Waals surface area contributed by atoms with Gasteiger partial charge in [-0.25, -0.2) is 0 Å². The van der Waals surface area contributed by atoms with Gasteiger partial charge in [-0.05, 0) is 63.8 Å². The van der Waals surface area contributed by atoms with E-state index in [-0.39, 0.29) is 36.8 Å². The van der Waals surface area contributed by atoms with E-state index in [9.17, 15) is 19.5 Å². The topological polar surface area (TPSA) is 99.6 Å². The normalized spacial score (nSPS) is 29.7. The first kappa shape index (κ1) is 32.7. The Balaban J connectivity index is 1.79. The van der Waals surface area contributed by atoms with E-state index in [1.165, 1.54) is 4.90 Å². The van der Waals surface area contributed by atoms with Crippen molar-refractivity contribution < 1.29 is 29.0 Å². The molecule has 3 unspecified atom stereocenters. The van der Waals surface area contributed by atoms with E-state index in [0.717, 1.165) is 19.3 Å². The molecule has 3 heterocycles. The molecule has 3 fully saturated rings. The Morgan fingerprint density at radius 1 is 1.16 bits per heavy atom. The van der Waals surface area contributed by atoms with Crippen LogP contribution in [0.2, 0.25) is 0 Å². The zero-order valence-electron chi connectivity index (χ0n) is 26.5. The van der Waals surface area contributed by atoms with Crippen LogP contribution in [0.15, 0.2) is 49.6 Å². The lowest BCUT2D eigenvalue weighted by Gasteiger charge is -2.39. The van der Waals surface area contributed by atoms with Gasteiger partial charge in [0.2, 0.25) is 17.7 Å². The van der Waals surface area contributed by atoms with Gasteiger partial charge < -0.3 is 29.3 Å². The Kier molecular flexibility index (Phi) is 10.1. The Bertz CT molecular complexity index is 1200. The molecule has 9 heteroatoms. The smallest absolute Gasteiger partial charge is 0.248 e. The van der Waals surface area contributed by atoms with Gasteiger partial charge in [0.25, 0.3) is 0 Å². The van der Waals surface area contributed by atoms with Crippen LogP contribution in [0.3, 0.4) is 0 Å². The maximum atomic E-state index is 14.6. The van der Waals surface area contributed by atoms with Gasteiger partial charge in [0, 0.05) is 25.3 Å². The summed E-state index contributed by atoms with van der Waals surface area (Å²) in [5, 5.41) is 10.2. The van der Waals surface area contributed by atoms with Crippen molar-refractivity contribution in [2.45, 2.75) is 83.6 Å². The summed E-state index contributed by atoms with van der Waals surface area (Å²) in [5.41, 5.74) is -1.48. The lowest BCUT2D eigenvalue weighted by Crippen LogP contribution is -2.58. The van der Waals surface area contributed by atoms with Crippen molar-refractivity contribution in [3.63, 3.8) is 0 Å². The molecule has 0 radical (unpaired) electrons. The van der Waals surface area contributed by atoms with E-state index in [2.05, 4.69) is 20.1 Å². The number of ether oxygens (including phenoxy) is 2. The van der Waals surface area contributed by atoms with Gasteiger partial charge >= 0.3 is 0 Å². The zero-order chi connectivity index (χ0) is 31.5. The van der Waals surface area contributed by atoms with Crippen molar-refractivity contribution in [1.29, 1.82) is 0 Å². The molecule has 3 aliphatic heterocycles. The van der Waals surface area contributed by atoms with Crippen molar-refractivity contribution in [3.05, 3.63) is 49.6 Å². The Morgan fingerprint density at radius 2 is 1.84 bits per heavy atom. The molecule has 3 saturated heterocycles. The van der Waals surface area contributed by atoms with Crippen LogP contribution in [0.5, 0.6) is 5.75 Å². The SMILES string of the molecule is C=CCN(CCCCC)C(=O)C1N([C@H](C)CO)C(=O)[C@@H]2[C@@H](C(=O)N(CC=C)c3ccc(OCC)cc3)[C@]3(C)OC12CC3C. The van der Waals surface area contributed by atoms with Crippen molar-refractivity contribution in [2.75, 3.05) is 37.7 Å². The average molecular weight is 596 g/mol. The lowest BCUT2D eigenvalue weighted by molar-refractivity contribution is -0.155. The number of nitrogens with zero attached hydrogens (tertiary/aromatic N) is 3. The van der Waals surface area contributed by atoms with Crippen LogP contribution >= 0.6 is 0 Å². The highest BCUT2D eigenvalue weighted by Gasteiger charge is 2.80. The van der Waals surface area contributed by atoms with Gasteiger partial charge in [-0.15, -0.1) is 13.2 Å². The number of carbonyl (C=O) groups is 3. The number of carbonyl (C=O) groups excluding carboxylic acids is 3. The van der Waals surface area contributed by atoms with Crippen LogP contribution in [0.1, 0.15) is 60.3 Å². The summed E-state index contributed by atoms with van der Waals surface area (Å²) in [4.78, 5) is 48.5. The second-order valence-electron chi connectivity index (χ2n) is 12.4. The van der Waals surface area contributed by atoms with Crippen LogP contribution in [-0.4, -0.2) is 88.8 Å². The largest absolute Gasteiger partial charge is 0.494 e. The van der Waals surface area contributed by atoms with E-state index >= 15 is 0 Å². The second-order valence-corrected chi connectivity index (χ2v) is 12.4. The third-order valence-corrected chi connectivity index (χ3v) is 9.72. The number of fused-ring (bicyclic) bond motifs is 1. The third-order valence-electron chi connectivity index (χ3n) is 9.72. The van der Waals surface area contributed by atoms with Crippen molar-refractivity contribution in [1.82, 2.24) is 9.80 Å². The van der Waals surface area contributed by atoms with E-state index in [1.54, 1.807) is 28.9 Å². The Hall–Kier alpha value is -3.17. The number of aliphatic hydroxyl groups excluding tert-OH is 1. The van der Waals surface area contributed by atoms with E-state index in [0.29, 0.717) is 37.6 Å². The standard InChI is InChI=1S/C34H49N3O6/c1-8-12-13-20-35(18-9-2)32(41)29-34-21-23(5)33(7,43-34)27(28(34)31(40)37(29)24(6)22-38)30(39)36(19-10-3)25-14-16-26(17-15-25)42-11-4/h9-10,14-17,23-24,27-29,38H,2-3,8,11-13,18-22H2,1,4-7H3/t23?,24-,27+,28+,29?,33-,34?/m1/s1. The average Bonchev–Trinajstić information content (AvgIpc) is 3.51. The molecule has 7 atom stereocenters. The fourth-order valence-electron chi connectivity index (χ4n) is 7.58. The molecule has 3 aliphatic rings. The van der Waals surface area contributed by atoms with Gasteiger partial charge in [0.05, 0.1) is 36.7 Å². The number of unbranched alkanes of at least 4 members (excludes halogenated alkanes) is 2. The molecule has 1 aromatic rings. The highest BCUT2D eigenvalue weighted by Crippen LogP contribution is 2.65. The number of aliphatic hydroxyl groups is 1. The molecular weight excluding hydrogens is 546 g/mol. The zero-order valence-corrected chi connectivity index (χ0v) is 26.5. The molecule has 236 valence electrons. The monoisotopic (exact) mass is 595 g/mol. The molecule has 1 aromatic carbocycles. The summed E-state index contributed by atoms with van der Waals surface area (Å²) >= 11 is 0. The van der Waals surface area contributed by atoms with E-state index in [4.69, 9.17) is 9.47 Å². The highest BCUT2D eigenvalue weighted by atomic mass is 16.5. The molecule has 4 rings (SSSR count). The second kappa shape index (κ2) is 13.2. The first-order valence-corrected chi connectivity index (χ1v) is 15.7. The number of likely N-dealkylation sites (tertiary alicyclic amines) is 1. The molecule has 1 spiro atoms. The molecule has 9 nitrogen and oxygen atoms in total. The molecular formula is C34H49N3O6. The van der Waals surface area contributed by atoms with E-state index < -0.39 is 35.1 Å². The fourth-order valence-corrected chi connectivity index (χ4v) is 7.58. The highest BCUT2D eigenvalue weighted by molar-refractivity contribution is 6.03. The first-order chi connectivity index (χ1) is 20.6. The summed E-state index contributed by atoms with van der Waals surface area (Å²) in [6, 6.07) is 5.72. The lowest BCUT2D eigenvalue weighted by atomic mass is 9.62. The summed E-state index contributed by atoms with van der Waals surface area (Å²) < 4.78 is 12.5.